The van der Waals surface area contributed by atoms with Crippen LogP contribution in [0.5, 0.6) is 0 Å². The first-order valence-electron chi connectivity index (χ1n) is 21.7. The third kappa shape index (κ3) is 9.83. The molecule has 10 aromatic rings. The van der Waals surface area contributed by atoms with Crippen LogP contribution in [0.15, 0.2) is 218 Å². The van der Waals surface area contributed by atoms with Gasteiger partial charge >= 0.3 is 0 Å². The van der Waals surface area contributed by atoms with Gasteiger partial charge in [-0.1, -0.05) is 180 Å². The first kappa shape index (κ1) is 41.3. The lowest BCUT2D eigenvalue weighted by atomic mass is 9.98. The van der Waals surface area contributed by atoms with E-state index in [1.165, 1.54) is 22.3 Å². The lowest BCUT2D eigenvalue weighted by molar-refractivity contribution is 1.25. The number of nitrogens with zero attached hydrogens (tertiary/aromatic N) is 4. The normalized spacial score (nSPS) is 10.8. The first-order valence-corrected chi connectivity index (χ1v) is 21.7. The Balaban J connectivity index is 0.000000174. The van der Waals surface area contributed by atoms with Crippen molar-refractivity contribution in [1.29, 1.82) is 0 Å². The molecule has 0 spiro atoms. The summed E-state index contributed by atoms with van der Waals surface area (Å²) in [7, 11) is 0. The van der Waals surface area contributed by atoms with Crippen LogP contribution in [-0.4, -0.2) is 19.9 Å². The Morgan fingerprint density at radius 3 is 0.906 bits per heavy atom. The summed E-state index contributed by atoms with van der Waals surface area (Å²) in [5.41, 5.74) is 21.2. The minimum absolute atomic E-state index is 0.855. The van der Waals surface area contributed by atoms with Gasteiger partial charge in [0.25, 0.3) is 0 Å². The Hall–Kier alpha value is -8.08. The van der Waals surface area contributed by atoms with Crippen molar-refractivity contribution in [1.82, 2.24) is 19.9 Å². The molecule has 0 aliphatic rings. The van der Waals surface area contributed by atoms with Crippen molar-refractivity contribution in [2.24, 2.45) is 0 Å². The van der Waals surface area contributed by atoms with Gasteiger partial charge in [-0.3, -0.25) is 0 Å². The summed E-state index contributed by atoms with van der Waals surface area (Å²) >= 11 is 0. The summed E-state index contributed by atoms with van der Waals surface area (Å²) in [6.45, 7) is 8.41. The molecule has 10 rings (SSSR count). The van der Waals surface area contributed by atoms with Crippen LogP contribution in [0.2, 0.25) is 0 Å². The Morgan fingerprint density at radius 1 is 0.188 bits per heavy atom. The van der Waals surface area contributed by atoms with E-state index in [0.29, 0.717) is 0 Å². The molecule has 0 saturated heterocycles. The van der Waals surface area contributed by atoms with Gasteiger partial charge in [0.1, 0.15) is 0 Å². The molecule has 64 heavy (non-hydrogen) atoms. The fraction of sp³-hybridized carbons (Fsp3) is 0.0667. The molecule has 0 unspecified atom stereocenters. The van der Waals surface area contributed by atoms with E-state index in [1.807, 2.05) is 48.5 Å². The highest BCUT2D eigenvalue weighted by Gasteiger charge is 2.14. The van der Waals surface area contributed by atoms with Crippen LogP contribution in [-0.2, 0) is 0 Å². The number of aryl methyl sites for hydroxylation is 4. The lowest BCUT2D eigenvalue weighted by Crippen LogP contribution is -1.96. The Bertz CT molecular complexity index is 2960. The van der Waals surface area contributed by atoms with Crippen molar-refractivity contribution >= 4 is 0 Å². The van der Waals surface area contributed by atoms with Crippen molar-refractivity contribution < 1.29 is 0 Å². The molecule has 0 aliphatic heterocycles. The molecular formula is C60H48N4. The molecule has 0 fully saturated rings. The highest BCUT2D eigenvalue weighted by Crippen LogP contribution is 2.34. The molecule has 0 amide bonds. The highest BCUT2D eigenvalue weighted by molar-refractivity contribution is 5.80. The van der Waals surface area contributed by atoms with Crippen LogP contribution in [0.3, 0.4) is 0 Å². The molecule has 0 N–H and O–H groups in total. The van der Waals surface area contributed by atoms with Crippen molar-refractivity contribution in [2.45, 2.75) is 27.7 Å². The van der Waals surface area contributed by atoms with E-state index in [1.54, 1.807) is 0 Å². The molecular weight excluding hydrogens is 777 g/mol. The summed E-state index contributed by atoms with van der Waals surface area (Å²) < 4.78 is 0. The van der Waals surface area contributed by atoms with Gasteiger partial charge in [0.2, 0.25) is 0 Å². The molecule has 0 bridgehead atoms. The SMILES string of the molecule is Cc1ccc(-c2cc(-c3ccccc3)cc(-c3cc(-c4ccccc4)cc(-c4ccc(C)cc4)n3)n2)cc1.Cc1cccc(-c2cccc(-c3cccc(-c4cccc(C)c4)n3)n2)c1. The van der Waals surface area contributed by atoms with E-state index in [2.05, 4.69) is 198 Å². The predicted molar refractivity (Wildman–Crippen MR) is 266 cm³/mol. The molecule has 4 aromatic heterocycles. The van der Waals surface area contributed by atoms with Crippen molar-refractivity contribution in [2.75, 3.05) is 0 Å². The maximum Gasteiger partial charge on any atom is 0.0900 e. The molecule has 4 nitrogen and oxygen atoms in total. The van der Waals surface area contributed by atoms with Gasteiger partial charge in [-0.25, -0.2) is 19.9 Å². The second kappa shape index (κ2) is 18.9. The van der Waals surface area contributed by atoms with Gasteiger partial charge in [0.15, 0.2) is 0 Å². The zero-order chi connectivity index (χ0) is 43.8. The molecule has 0 aliphatic carbocycles. The number of aromatic nitrogens is 4. The third-order valence-electron chi connectivity index (χ3n) is 11.2. The summed E-state index contributed by atoms with van der Waals surface area (Å²) in [6, 6.07) is 75.7. The molecule has 6 aromatic carbocycles. The molecule has 0 radical (unpaired) electrons. The minimum atomic E-state index is 0.855. The van der Waals surface area contributed by atoms with E-state index in [4.69, 9.17) is 19.9 Å². The van der Waals surface area contributed by atoms with Crippen molar-refractivity contribution in [3.63, 3.8) is 0 Å². The van der Waals surface area contributed by atoms with E-state index in [-0.39, 0.29) is 0 Å². The predicted octanol–water partition coefficient (Wildman–Crippen LogP) is 15.5. The number of pyridine rings is 4. The molecule has 308 valence electrons. The monoisotopic (exact) mass is 824 g/mol. The molecule has 0 saturated carbocycles. The highest BCUT2D eigenvalue weighted by atomic mass is 14.8. The van der Waals surface area contributed by atoms with Gasteiger partial charge in [-0.2, -0.15) is 0 Å². The van der Waals surface area contributed by atoms with E-state index in [0.717, 1.165) is 90.1 Å². The Labute approximate surface area is 376 Å². The molecule has 0 atom stereocenters. The van der Waals surface area contributed by atoms with Crippen LogP contribution in [0.25, 0.3) is 90.1 Å². The fourth-order valence-corrected chi connectivity index (χ4v) is 7.75. The quantitative estimate of drug-likeness (QED) is 0.153. The largest absolute Gasteiger partial charge is 0.246 e. The lowest BCUT2D eigenvalue weighted by Gasteiger charge is -2.13. The van der Waals surface area contributed by atoms with Crippen LogP contribution in [0, 0.1) is 27.7 Å². The average molecular weight is 825 g/mol. The summed E-state index contributed by atoms with van der Waals surface area (Å²) in [5.74, 6) is 0. The van der Waals surface area contributed by atoms with Gasteiger partial charge in [-0.05, 0) is 111 Å². The Morgan fingerprint density at radius 2 is 0.516 bits per heavy atom. The summed E-state index contributed by atoms with van der Waals surface area (Å²) in [6.07, 6.45) is 0. The van der Waals surface area contributed by atoms with Gasteiger partial charge < -0.3 is 0 Å². The van der Waals surface area contributed by atoms with Crippen LogP contribution < -0.4 is 0 Å². The average Bonchev–Trinajstić information content (AvgIpc) is 3.35. The van der Waals surface area contributed by atoms with Gasteiger partial charge in [0, 0.05) is 22.3 Å². The second-order valence-electron chi connectivity index (χ2n) is 16.3. The number of benzene rings is 6. The minimum Gasteiger partial charge on any atom is -0.246 e. The van der Waals surface area contributed by atoms with Crippen LogP contribution in [0.4, 0.5) is 0 Å². The van der Waals surface area contributed by atoms with E-state index < -0.39 is 0 Å². The first-order chi connectivity index (χ1) is 31.3. The molecule has 4 heterocycles. The zero-order valence-corrected chi connectivity index (χ0v) is 36.6. The summed E-state index contributed by atoms with van der Waals surface area (Å²) in [4.78, 5) is 20.0. The van der Waals surface area contributed by atoms with Gasteiger partial charge in [-0.15, -0.1) is 0 Å². The van der Waals surface area contributed by atoms with Crippen molar-refractivity contribution in [3.8, 4) is 90.1 Å². The van der Waals surface area contributed by atoms with Crippen LogP contribution in [0.1, 0.15) is 22.3 Å². The number of rotatable bonds is 8. The third-order valence-corrected chi connectivity index (χ3v) is 11.2. The Kier molecular flexibility index (Phi) is 12.2. The maximum absolute atomic E-state index is 5.15. The molecule has 4 heteroatoms. The second-order valence-corrected chi connectivity index (χ2v) is 16.3. The summed E-state index contributed by atoms with van der Waals surface area (Å²) in [5, 5.41) is 0. The smallest absolute Gasteiger partial charge is 0.0900 e. The maximum atomic E-state index is 5.15. The zero-order valence-electron chi connectivity index (χ0n) is 36.6. The van der Waals surface area contributed by atoms with Crippen LogP contribution >= 0.6 is 0 Å². The number of hydrogen-bond donors (Lipinski definition) is 0. The standard InChI is InChI=1S/C36H28N2.C24H20N2/c1-25-13-17-29(18-14-25)33-21-31(27-9-5-3-6-10-27)23-35(37-33)36-24-32(28-11-7-4-8-12-28)22-34(38-36)30-19-15-26(2)16-20-30;1-17-7-3-9-19(15-17)21-11-5-13-23(25-21)24-14-6-12-22(26-24)20-10-4-8-18(2)16-20/h3-24H,1-2H3;3-16H,1-2H3. The van der Waals surface area contributed by atoms with E-state index in [9.17, 15) is 0 Å². The topological polar surface area (TPSA) is 51.6 Å². The van der Waals surface area contributed by atoms with E-state index >= 15 is 0 Å². The van der Waals surface area contributed by atoms with Crippen molar-refractivity contribution in [3.05, 3.63) is 241 Å². The van der Waals surface area contributed by atoms with Gasteiger partial charge in [0.05, 0.1) is 45.6 Å². The number of hydrogen-bond acceptors (Lipinski definition) is 4. The fourth-order valence-electron chi connectivity index (χ4n) is 7.75.